The monoisotopic (exact) mass is 579 g/mol. The Balaban J connectivity index is 1.67. The van der Waals surface area contributed by atoms with E-state index in [2.05, 4.69) is 27.3 Å². The van der Waals surface area contributed by atoms with E-state index >= 15 is 0 Å². The van der Waals surface area contributed by atoms with Gasteiger partial charge in [-0.25, -0.2) is 4.39 Å². The number of halogens is 2. The van der Waals surface area contributed by atoms with Gasteiger partial charge < -0.3 is 9.47 Å². The third kappa shape index (κ3) is 5.69. The van der Waals surface area contributed by atoms with Crippen LogP contribution in [0.2, 0.25) is 0 Å². The molecule has 0 spiro atoms. The van der Waals surface area contributed by atoms with Crippen LogP contribution in [-0.2, 0) is 16.2 Å². The zero-order valence-electron chi connectivity index (χ0n) is 19.5. The second kappa shape index (κ2) is 11.3. The van der Waals surface area contributed by atoms with Gasteiger partial charge in [0.15, 0.2) is 16.6 Å². The summed E-state index contributed by atoms with van der Waals surface area (Å²) in [6.45, 7) is 2.30. The first-order valence-corrected chi connectivity index (χ1v) is 12.3. The Morgan fingerprint density at radius 1 is 1.11 bits per heavy atom. The first-order chi connectivity index (χ1) is 17.8. The molecule has 2 amide bonds. The summed E-state index contributed by atoms with van der Waals surface area (Å²) >= 11 is 8.66. The van der Waals surface area contributed by atoms with E-state index in [-0.39, 0.29) is 17.3 Å². The highest BCUT2D eigenvalue weighted by molar-refractivity contribution is 9.10. The number of thiocarbonyl (C=S) groups is 1. The highest BCUT2D eigenvalue weighted by Gasteiger charge is 2.34. The molecular weight excluding hydrogens is 561 g/mol. The number of carbonyl (C=O) groups excluding carboxylic acids is 2. The van der Waals surface area contributed by atoms with Gasteiger partial charge in [0.05, 0.1) is 23.9 Å². The van der Waals surface area contributed by atoms with Gasteiger partial charge in [-0.3, -0.25) is 19.8 Å². The van der Waals surface area contributed by atoms with Crippen molar-refractivity contribution in [2.24, 2.45) is 0 Å². The first kappa shape index (κ1) is 26.0. The molecule has 3 aromatic carbocycles. The van der Waals surface area contributed by atoms with Crippen LogP contribution in [0, 0.1) is 17.1 Å². The van der Waals surface area contributed by atoms with Gasteiger partial charge in [0.1, 0.15) is 18.0 Å². The van der Waals surface area contributed by atoms with Crippen LogP contribution in [0.3, 0.4) is 0 Å². The molecule has 0 atom stereocenters. The van der Waals surface area contributed by atoms with Gasteiger partial charge in [-0.05, 0) is 73.2 Å². The van der Waals surface area contributed by atoms with Crippen LogP contribution in [0.4, 0.5) is 10.1 Å². The lowest BCUT2D eigenvalue weighted by Crippen LogP contribution is -2.54. The topological polar surface area (TPSA) is 91.7 Å². The number of benzene rings is 3. The van der Waals surface area contributed by atoms with Gasteiger partial charge in [-0.2, -0.15) is 5.26 Å². The molecule has 0 aliphatic carbocycles. The Kier molecular flexibility index (Phi) is 7.96. The largest absolute Gasteiger partial charge is 0.490 e. The second-order valence-corrected chi connectivity index (χ2v) is 8.99. The number of nitriles is 1. The van der Waals surface area contributed by atoms with Crippen LogP contribution >= 0.6 is 28.1 Å². The molecule has 0 saturated carbocycles. The fraction of sp³-hybridized carbons (Fsp3) is 0.111. The molecule has 1 aliphatic rings. The fourth-order valence-electron chi connectivity index (χ4n) is 3.59. The molecule has 0 radical (unpaired) electrons. The van der Waals surface area contributed by atoms with Gasteiger partial charge in [0.25, 0.3) is 11.8 Å². The predicted molar refractivity (Wildman–Crippen MR) is 143 cm³/mol. The summed E-state index contributed by atoms with van der Waals surface area (Å²) in [5, 5.41) is 11.7. The molecule has 10 heteroatoms. The Morgan fingerprint density at radius 2 is 1.81 bits per heavy atom. The SMILES string of the molecule is CCOc1cc(/C=C2/C(=O)NC(=S)N(c3ccc(F)cc3)C2=O)c(Br)cc1OCc1ccccc1C#N. The molecule has 1 saturated heterocycles. The predicted octanol–water partition coefficient (Wildman–Crippen LogP) is 5.27. The maximum atomic E-state index is 13.4. The number of ether oxygens (including phenoxy) is 2. The van der Waals surface area contributed by atoms with E-state index in [1.807, 2.05) is 13.0 Å². The van der Waals surface area contributed by atoms with E-state index in [1.54, 1.807) is 30.3 Å². The molecule has 1 N–H and O–H groups in total. The minimum atomic E-state index is -0.661. The highest BCUT2D eigenvalue weighted by Crippen LogP contribution is 2.36. The van der Waals surface area contributed by atoms with E-state index in [1.165, 1.54) is 30.3 Å². The van der Waals surface area contributed by atoms with E-state index in [0.717, 1.165) is 10.5 Å². The number of hydrogen-bond donors (Lipinski definition) is 1. The number of carbonyl (C=O) groups is 2. The normalized spacial score (nSPS) is 14.4. The second-order valence-electron chi connectivity index (χ2n) is 7.75. The van der Waals surface area contributed by atoms with Gasteiger partial charge >= 0.3 is 0 Å². The Morgan fingerprint density at radius 3 is 2.51 bits per heavy atom. The minimum Gasteiger partial charge on any atom is -0.490 e. The molecule has 7 nitrogen and oxygen atoms in total. The first-order valence-electron chi connectivity index (χ1n) is 11.1. The fourth-order valence-corrected chi connectivity index (χ4v) is 4.31. The van der Waals surface area contributed by atoms with E-state index in [0.29, 0.717) is 39.4 Å². The summed E-state index contributed by atoms with van der Waals surface area (Å²) in [6, 6.07) is 17.7. The highest BCUT2D eigenvalue weighted by atomic mass is 79.9. The van der Waals surface area contributed by atoms with Crippen LogP contribution in [0.25, 0.3) is 6.08 Å². The summed E-state index contributed by atoms with van der Waals surface area (Å²) in [7, 11) is 0. The maximum absolute atomic E-state index is 13.4. The zero-order valence-corrected chi connectivity index (χ0v) is 21.9. The van der Waals surface area contributed by atoms with Crippen molar-refractivity contribution in [3.63, 3.8) is 0 Å². The molecule has 4 rings (SSSR count). The number of anilines is 1. The van der Waals surface area contributed by atoms with Crippen molar-refractivity contribution in [1.29, 1.82) is 5.26 Å². The van der Waals surface area contributed by atoms with Crippen molar-refractivity contribution in [2.75, 3.05) is 11.5 Å². The van der Waals surface area contributed by atoms with Crippen molar-refractivity contribution < 1.29 is 23.5 Å². The van der Waals surface area contributed by atoms with Crippen molar-refractivity contribution >= 4 is 56.8 Å². The molecule has 37 heavy (non-hydrogen) atoms. The van der Waals surface area contributed by atoms with Gasteiger partial charge in [0.2, 0.25) is 0 Å². The molecule has 0 aromatic heterocycles. The number of amides is 2. The number of rotatable bonds is 7. The summed E-state index contributed by atoms with van der Waals surface area (Å²) in [6.07, 6.45) is 1.41. The maximum Gasteiger partial charge on any atom is 0.270 e. The van der Waals surface area contributed by atoms with Crippen LogP contribution in [-0.4, -0.2) is 23.5 Å². The van der Waals surface area contributed by atoms with Crippen LogP contribution in [0.5, 0.6) is 11.5 Å². The molecule has 1 aliphatic heterocycles. The van der Waals surface area contributed by atoms with Crippen LogP contribution < -0.4 is 19.7 Å². The van der Waals surface area contributed by atoms with E-state index in [4.69, 9.17) is 21.7 Å². The van der Waals surface area contributed by atoms with Crippen molar-refractivity contribution in [2.45, 2.75) is 13.5 Å². The van der Waals surface area contributed by atoms with Crippen LogP contribution in [0.15, 0.2) is 70.7 Å². The van der Waals surface area contributed by atoms with Crippen molar-refractivity contribution in [1.82, 2.24) is 5.32 Å². The smallest absolute Gasteiger partial charge is 0.270 e. The van der Waals surface area contributed by atoms with Gasteiger partial charge in [-0.15, -0.1) is 0 Å². The Labute approximate surface area is 226 Å². The number of nitrogens with zero attached hydrogens (tertiary/aromatic N) is 2. The van der Waals surface area contributed by atoms with Crippen molar-refractivity contribution in [3.8, 4) is 17.6 Å². The average Bonchev–Trinajstić information content (AvgIpc) is 2.88. The van der Waals surface area contributed by atoms with Gasteiger partial charge in [0, 0.05) is 10.0 Å². The van der Waals surface area contributed by atoms with E-state index in [9.17, 15) is 19.2 Å². The third-order valence-electron chi connectivity index (χ3n) is 5.37. The van der Waals surface area contributed by atoms with Crippen LogP contribution in [0.1, 0.15) is 23.6 Å². The molecule has 0 bridgehead atoms. The summed E-state index contributed by atoms with van der Waals surface area (Å²) in [5.41, 5.74) is 1.86. The molecule has 3 aromatic rings. The average molecular weight is 580 g/mol. The molecule has 0 unspecified atom stereocenters. The lowest BCUT2D eigenvalue weighted by molar-refractivity contribution is -0.122. The molecule has 186 valence electrons. The van der Waals surface area contributed by atoms with Crippen molar-refractivity contribution in [3.05, 3.63) is 93.2 Å². The standard InChI is InChI=1S/C27H19BrFN3O4S/c1-2-35-23-12-18(22(28)13-24(23)36-15-17-6-4-3-5-16(17)14-30)11-21-25(33)31-27(37)32(26(21)34)20-9-7-19(29)8-10-20/h3-13H,2,15H2,1H3,(H,31,33,37)/b21-11-. The lowest BCUT2D eigenvalue weighted by atomic mass is 10.1. The quantitative estimate of drug-likeness (QED) is 0.233. The summed E-state index contributed by atoms with van der Waals surface area (Å²) < 4.78 is 25.6. The number of hydrogen-bond acceptors (Lipinski definition) is 6. The zero-order chi connectivity index (χ0) is 26.5. The Hall–Kier alpha value is -4.07. The summed E-state index contributed by atoms with van der Waals surface area (Å²) in [4.78, 5) is 27.1. The number of nitrogens with one attached hydrogen (secondary N) is 1. The van der Waals surface area contributed by atoms with Gasteiger partial charge in [-0.1, -0.05) is 34.1 Å². The minimum absolute atomic E-state index is 0.103. The van der Waals surface area contributed by atoms with E-state index < -0.39 is 17.6 Å². The molecular formula is C27H19BrFN3O4S. The Bertz CT molecular complexity index is 1470. The summed E-state index contributed by atoms with van der Waals surface area (Å²) in [5.74, 6) is -0.978. The lowest BCUT2D eigenvalue weighted by Gasteiger charge is -2.29. The third-order valence-corrected chi connectivity index (χ3v) is 6.34. The molecule has 1 heterocycles. The molecule has 1 fully saturated rings.